The molecule has 1 aliphatic carbocycles. The van der Waals surface area contributed by atoms with E-state index in [0.717, 1.165) is 22.3 Å². The Bertz CT molecular complexity index is 1060. The first-order valence-electron chi connectivity index (χ1n) is 10.3. The molecule has 1 aliphatic rings. The summed E-state index contributed by atoms with van der Waals surface area (Å²) in [5.41, 5.74) is 7.99. The Hall–Kier alpha value is -3.22. The van der Waals surface area contributed by atoms with Crippen molar-refractivity contribution in [2.45, 2.75) is 46.0 Å². The van der Waals surface area contributed by atoms with Gasteiger partial charge in [0.15, 0.2) is 0 Å². The summed E-state index contributed by atoms with van der Waals surface area (Å²) in [5.74, 6) is 13.9. The van der Waals surface area contributed by atoms with Crippen molar-refractivity contribution in [2.24, 2.45) is 0 Å². The molecule has 0 radical (unpaired) electrons. The third kappa shape index (κ3) is 5.88. The lowest BCUT2D eigenvalue weighted by atomic mass is 9.78. The summed E-state index contributed by atoms with van der Waals surface area (Å²) in [7, 11) is 0. The van der Waals surface area contributed by atoms with E-state index >= 15 is 0 Å². The molecule has 1 saturated carbocycles. The topological polar surface area (TPSA) is 0 Å². The van der Waals surface area contributed by atoms with Gasteiger partial charge in [0.25, 0.3) is 0 Å². The molecule has 0 heteroatoms. The first-order valence-corrected chi connectivity index (χ1v) is 10.3. The summed E-state index contributed by atoms with van der Waals surface area (Å²) in [5, 5.41) is 0. The molecule has 144 valence electrons. The van der Waals surface area contributed by atoms with E-state index in [4.69, 9.17) is 0 Å². The molecule has 0 spiro atoms. The van der Waals surface area contributed by atoms with Crippen molar-refractivity contribution in [1.29, 1.82) is 0 Å². The second-order valence-corrected chi connectivity index (χ2v) is 7.87. The van der Waals surface area contributed by atoms with Crippen molar-refractivity contribution in [3.05, 3.63) is 106 Å². The number of aryl methyl sites for hydroxylation is 1. The van der Waals surface area contributed by atoms with Crippen LogP contribution in [0.4, 0.5) is 0 Å². The molecule has 0 aromatic heterocycles. The number of hydrogen-bond donors (Lipinski definition) is 0. The molecule has 0 atom stereocenters. The van der Waals surface area contributed by atoms with E-state index < -0.39 is 0 Å². The van der Waals surface area contributed by atoms with Crippen molar-refractivity contribution in [3.63, 3.8) is 0 Å². The van der Waals surface area contributed by atoms with Gasteiger partial charge in [-0.05, 0) is 81.5 Å². The minimum absolute atomic E-state index is 0.606. The van der Waals surface area contributed by atoms with Gasteiger partial charge in [0.05, 0.1) is 0 Å². The predicted octanol–water partition coefficient (Wildman–Crippen LogP) is 7.09. The van der Waals surface area contributed by atoms with Gasteiger partial charge < -0.3 is 0 Å². The summed E-state index contributed by atoms with van der Waals surface area (Å²) in [6.07, 6.45) is 9.70. The first kappa shape index (κ1) is 20.5. The van der Waals surface area contributed by atoms with Gasteiger partial charge in [0.2, 0.25) is 0 Å². The molecule has 0 N–H and O–H groups in total. The quantitative estimate of drug-likeness (QED) is 0.396. The average Bonchev–Trinajstić information content (AvgIpc) is 2.67. The Balaban J connectivity index is 1.91. The molecule has 0 aliphatic heterocycles. The van der Waals surface area contributed by atoms with Crippen LogP contribution in [0.3, 0.4) is 0 Å². The molecule has 1 fully saturated rings. The predicted molar refractivity (Wildman–Crippen MR) is 125 cm³/mol. The monoisotopic (exact) mass is 376 g/mol. The van der Waals surface area contributed by atoms with Crippen LogP contribution in [0, 0.1) is 30.6 Å². The molecule has 0 heterocycles. The standard InChI is InChI=1S/C29H28/c1-5-24(12-9-22(2)3)17-19-28-20-18-26(21-29(28)27-7-6-8-27)16-15-25-13-10-23(4)11-14-25/h5,9-14,18,20-21,27H,1,6-8H2,2-4H3/b24-12+. The highest BCUT2D eigenvalue weighted by atomic mass is 14.3. The van der Waals surface area contributed by atoms with E-state index in [1.807, 2.05) is 12.2 Å². The smallest absolute Gasteiger partial charge is 0.0284 e. The Morgan fingerprint density at radius 2 is 1.62 bits per heavy atom. The van der Waals surface area contributed by atoms with Gasteiger partial charge in [-0.2, -0.15) is 0 Å². The Labute approximate surface area is 176 Å². The second kappa shape index (κ2) is 9.82. The molecular weight excluding hydrogens is 348 g/mol. The highest BCUT2D eigenvalue weighted by molar-refractivity contribution is 5.54. The van der Waals surface area contributed by atoms with E-state index in [1.165, 1.54) is 36.0 Å². The summed E-state index contributed by atoms with van der Waals surface area (Å²) in [6, 6.07) is 14.8. The van der Waals surface area contributed by atoms with Gasteiger partial charge in [-0.25, -0.2) is 0 Å². The number of hydrogen-bond acceptors (Lipinski definition) is 0. The van der Waals surface area contributed by atoms with Crippen molar-refractivity contribution in [1.82, 2.24) is 0 Å². The maximum Gasteiger partial charge on any atom is 0.0284 e. The second-order valence-electron chi connectivity index (χ2n) is 7.87. The van der Waals surface area contributed by atoms with E-state index in [-0.39, 0.29) is 0 Å². The molecule has 0 unspecified atom stereocenters. The van der Waals surface area contributed by atoms with Gasteiger partial charge in [0, 0.05) is 22.3 Å². The lowest BCUT2D eigenvalue weighted by Crippen LogP contribution is -2.10. The largest absolute Gasteiger partial charge is 0.0978 e. The Kier molecular flexibility index (Phi) is 6.94. The highest BCUT2D eigenvalue weighted by Crippen LogP contribution is 2.38. The van der Waals surface area contributed by atoms with E-state index in [1.54, 1.807) is 0 Å². The molecule has 0 nitrogen and oxygen atoms in total. The van der Waals surface area contributed by atoms with Crippen LogP contribution in [-0.2, 0) is 0 Å². The minimum atomic E-state index is 0.606. The van der Waals surface area contributed by atoms with Gasteiger partial charge in [-0.3, -0.25) is 0 Å². The number of rotatable bonds is 3. The first-order chi connectivity index (χ1) is 14.0. The lowest BCUT2D eigenvalue weighted by molar-refractivity contribution is 0.419. The molecular formula is C29H28. The molecule has 29 heavy (non-hydrogen) atoms. The Morgan fingerprint density at radius 3 is 2.24 bits per heavy atom. The SMILES string of the molecule is C=C/C(C#Cc1ccc(C#Cc2ccc(C)cc2)cc1C1CCC1)=C\C=C(C)C. The van der Waals surface area contributed by atoms with Crippen molar-refractivity contribution in [3.8, 4) is 23.7 Å². The van der Waals surface area contributed by atoms with Crippen molar-refractivity contribution >= 4 is 0 Å². The van der Waals surface area contributed by atoms with Crippen LogP contribution in [0.5, 0.6) is 0 Å². The van der Waals surface area contributed by atoms with E-state index in [0.29, 0.717) is 5.92 Å². The van der Waals surface area contributed by atoms with Crippen LogP contribution >= 0.6 is 0 Å². The average molecular weight is 377 g/mol. The lowest BCUT2D eigenvalue weighted by Gasteiger charge is -2.27. The van der Waals surface area contributed by atoms with Crippen LogP contribution in [-0.4, -0.2) is 0 Å². The van der Waals surface area contributed by atoms with Crippen LogP contribution < -0.4 is 0 Å². The highest BCUT2D eigenvalue weighted by Gasteiger charge is 2.21. The number of benzene rings is 2. The van der Waals surface area contributed by atoms with Crippen molar-refractivity contribution < 1.29 is 0 Å². The molecule has 2 aromatic rings. The molecule has 3 rings (SSSR count). The maximum absolute atomic E-state index is 3.89. The van der Waals surface area contributed by atoms with E-state index in [2.05, 4.69) is 99.6 Å². The van der Waals surface area contributed by atoms with Gasteiger partial charge in [-0.15, -0.1) is 0 Å². The summed E-state index contributed by atoms with van der Waals surface area (Å²) >= 11 is 0. The molecule has 0 saturated heterocycles. The van der Waals surface area contributed by atoms with Gasteiger partial charge in [-0.1, -0.05) is 72.1 Å². The van der Waals surface area contributed by atoms with Crippen LogP contribution in [0.1, 0.15) is 66.8 Å². The molecule has 2 aromatic carbocycles. The van der Waals surface area contributed by atoms with Crippen LogP contribution in [0.2, 0.25) is 0 Å². The maximum atomic E-state index is 3.89. The third-order valence-electron chi connectivity index (χ3n) is 5.16. The van der Waals surface area contributed by atoms with Gasteiger partial charge in [0.1, 0.15) is 0 Å². The fraction of sp³-hybridized carbons (Fsp3) is 0.241. The van der Waals surface area contributed by atoms with Crippen LogP contribution in [0.25, 0.3) is 0 Å². The summed E-state index contributed by atoms with van der Waals surface area (Å²) < 4.78 is 0. The molecule has 0 bridgehead atoms. The summed E-state index contributed by atoms with van der Waals surface area (Å²) in [6.45, 7) is 10.1. The fourth-order valence-corrected chi connectivity index (χ4v) is 3.15. The Morgan fingerprint density at radius 1 is 0.931 bits per heavy atom. The third-order valence-corrected chi connectivity index (χ3v) is 5.16. The zero-order valence-corrected chi connectivity index (χ0v) is 17.7. The van der Waals surface area contributed by atoms with Crippen molar-refractivity contribution in [2.75, 3.05) is 0 Å². The fourth-order valence-electron chi connectivity index (χ4n) is 3.15. The zero-order valence-electron chi connectivity index (χ0n) is 17.7. The summed E-state index contributed by atoms with van der Waals surface area (Å²) in [4.78, 5) is 0. The molecule has 0 amide bonds. The zero-order chi connectivity index (χ0) is 20.6. The van der Waals surface area contributed by atoms with E-state index in [9.17, 15) is 0 Å². The minimum Gasteiger partial charge on any atom is -0.0978 e. The number of allylic oxidation sites excluding steroid dienone is 5. The van der Waals surface area contributed by atoms with Gasteiger partial charge >= 0.3 is 0 Å². The van der Waals surface area contributed by atoms with Crippen LogP contribution in [0.15, 0.2) is 78.4 Å². The normalized spacial score (nSPS) is 13.3.